The molecule has 0 radical (unpaired) electrons. The Morgan fingerprint density at radius 1 is 1.11 bits per heavy atom. The van der Waals surface area contributed by atoms with Crippen LogP contribution in [-0.2, 0) is 6.42 Å². The van der Waals surface area contributed by atoms with Gasteiger partial charge < -0.3 is 5.73 Å². The molecule has 0 saturated heterocycles. The summed E-state index contributed by atoms with van der Waals surface area (Å²) in [5, 5.41) is 0. The van der Waals surface area contributed by atoms with Crippen LogP contribution in [0.3, 0.4) is 0 Å². The summed E-state index contributed by atoms with van der Waals surface area (Å²) >= 11 is 0. The first-order valence-electron chi connectivity index (χ1n) is 6.37. The molecule has 0 saturated carbocycles. The van der Waals surface area contributed by atoms with Gasteiger partial charge in [0.15, 0.2) is 0 Å². The largest absolute Gasteiger partial charge is 0.330 e. The highest BCUT2D eigenvalue weighted by atomic mass is 14.6. The van der Waals surface area contributed by atoms with Crippen molar-refractivity contribution in [3.8, 4) is 0 Å². The van der Waals surface area contributed by atoms with E-state index in [1.807, 2.05) is 12.4 Å². The van der Waals surface area contributed by atoms with E-state index in [1.165, 1.54) is 22.3 Å². The van der Waals surface area contributed by atoms with E-state index in [0.29, 0.717) is 12.5 Å². The van der Waals surface area contributed by atoms with Crippen LogP contribution >= 0.6 is 0 Å². The Labute approximate surface area is 109 Å². The summed E-state index contributed by atoms with van der Waals surface area (Å²) in [5.74, 6) is 0.369. The Morgan fingerprint density at radius 3 is 2.50 bits per heavy atom. The molecule has 0 aliphatic heterocycles. The van der Waals surface area contributed by atoms with Crippen molar-refractivity contribution in [2.24, 2.45) is 5.73 Å². The highest BCUT2D eigenvalue weighted by Crippen LogP contribution is 2.22. The molecule has 0 aliphatic rings. The number of hydrogen-bond donors (Lipinski definition) is 1. The third-order valence-corrected chi connectivity index (χ3v) is 3.43. The molecule has 2 rings (SSSR count). The van der Waals surface area contributed by atoms with Gasteiger partial charge in [-0.2, -0.15) is 0 Å². The lowest BCUT2D eigenvalue weighted by Gasteiger charge is -2.17. The number of nitrogens with zero attached hydrogens (tertiary/aromatic N) is 1. The van der Waals surface area contributed by atoms with Gasteiger partial charge in [0.2, 0.25) is 0 Å². The number of benzene rings is 1. The quantitative estimate of drug-likeness (QED) is 0.892. The molecule has 2 N–H and O–H groups in total. The number of rotatable bonds is 4. The smallest absolute Gasteiger partial charge is 0.0270 e. The van der Waals surface area contributed by atoms with Crippen LogP contribution in [0.4, 0.5) is 0 Å². The summed E-state index contributed by atoms with van der Waals surface area (Å²) in [6.07, 6.45) is 4.66. The average Bonchev–Trinajstić information content (AvgIpc) is 2.41. The number of aryl methyl sites for hydroxylation is 2. The van der Waals surface area contributed by atoms with E-state index in [1.54, 1.807) is 0 Å². The molecule has 18 heavy (non-hydrogen) atoms. The van der Waals surface area contributed by atoms with Gasteiger partial charge in [-0.1, -0.05) is 23.8 Å². The maximum atomic E-state index is 5.92. The third-order valence-electron chi connectivity index (χ3n) is 3.43. The van der Waals surface area contributed by atoms with Crippen LogP contribution in [0.1, 0.15) is 28.2 Å². The van der Waals surface area contributed by atoms with Crippen molar-refractivity contribution in [3.63, 3.8) is 0 Å². The molecule has 1 aromatic carbocycles. The summed E-state index contributed by atoms with van der Waals surface area (Å²) in [7, 11) is 0. The van der Waals surface area contributed by atoms with Gasteiger partial charge in [-0.3, -0.25) is 4.98 Å². The zero-order chi connectivity index (χ0) is 13.0. The highest BCUT2D eigenvalue weighted by molar-refractivity contribution is 5.32. The lowest BCUT2D eigenvalue weighted by Crippen LogP contribution is -2.15. The predicted molar refractivity (Wildman–Crippen MR) is 75.7 cm³/mol. The zero-order valence-corrected chi connectivity index (χ0v) is 11.1. The minimum atomic E-state index is 0.369. The van der Waals surface area contributed by atoms with Crippen LogP contribution < -0.4 is 5.73 Å². The summed E-state index contributed by atoms with van der Waals surface area (Å²) in [6.45, 7) is 4.96. The molecule has 0 spiro atoms. The van der Waals surface area contributed by atoms with Gasteiger partial charge in [-0.05, 0) is 55.6 Å². The maximum Gasteiger partial charge on any atom is 0.0270 e. The number of nitrogens with two attached hydrogens (primary N) is 1. The molecular formula is C16H20N2. The maximum absolute atomic E-state index is 5.92. The fourth-order valence-corrected chi connectivity index (χ4v) is 2.26. The van der Waals surface area contributed by atoms with Crippen LogP contribution in [0.25, 0.3) is 0 Å². The second-order valence-electron chi connectivity index (χ2n) is 4.85. The molecule has 94 valence electrons. The fourth-order valence-electron chi connectivity index (χ4n) is 2.26. The van der Waals surface area contributed by atoms with Crippen LogP contribution in [0.5, 0.6) is 0 Å². The van der Waals surface area contributed by atoms with Crippen molar-refractivity contribution in [2.45, 2.75) is 26.2 Å². The molecule has 2 nitrogen and oxygen atoms in total. The van der Waals surface area contributed by atoms with Crippen molar-refractivity contribution in [3.05, 3.63) is 65.0 Å². The molecule has 0 fully saturated rings. The molecule has 1 atom stereocenters. The van der Waals surface area contributed by atoms with Gasteiger partial charge in [-0.25, -0.2) is 0 Å². The Bertz CT molecular complexity index is 506. The zero-order valence-electron chi connectivity index (χ0n) is 11.1. The van der Waals surface area contributed by atoms with Gasteiger partial charge in [-0.15, -0.1) is 0 Å². The Kier molecular flexibility index (Phi) is 4.11. The van der Waals surface area contributed by atoms with Crippen LogP contribution in [-0.4, -0.2) is 11.5 Å². The first-order chi connectivity index (χ1) is 8.70. The third kappa shape index (κ3) is 2.96. The van der Waals surface area contributed by atoms with E-state index >= 15 is 0 Å². The SMILES string of the molecule is Cc1ccc(C)c(CC(CN)c2ccncc2)c1. The van der Waals surface area contributed by atoms with E-state index in [-0.39, 0.29) is 0 Å². The standard InChI is InChI=1S/C16H20N2/c1-12-3-4-13(2)15(9-12)10-16(11-17)14-5-7-18-8-6-14/h3-9,16H,10-11,17H2,1-2H3. The fraction of sp³-hybridized carbons (Fsp3) is 0.312. The molecule has 1 heterocycles. The van der Waals surface area contributed by atoms with Crippen LogP contribution in [0, 0.1) is 13.8 Å². The molecule has 1 aromatic heterocycles. The Balaban J connectivity index is 2.23. The van der Waals surface area contributed by atoms with Crippen molar-refractivity contribution < 1.29 is 0 Å². The summed E-state index contributed by atoms with van der Waals surface area (Å²) < 4.78 is 0. The van der Waals surface area contributed by atoms with Crippen molar-refractivity contribution in [1.82, 2.24) is 4.98 Å². The highest BCUT2D eigenvalue weighted by Gasteiger charge is 2.11. The Morgan fingerprint density at radius 2 is 1.83 bits per heavy atom. The van der Waals surface area contributed by atoms with E-state index in [0.717, 1.165) is 6.42 Å². The molecular weight excluding hydrogens is 220 g/mol. The number of pyridine rings is 1. The van der Waals surface area contributed by atoms with Crippen LogP contribution in [0.15, 0.2) is 42.7 Å². The molecule has 1 unspecified atom stereocenters. The molecule has 0 amide bonds. The molecule has 0 bridgehead atoms. The Hall–Kier alpha value is -1.67. The van der Waals surface area contributed by atoms with Crippen molar-refractivity contribution >= 4 is 0 Å². The van der Waals surface area contributed by atoms with Gasteiger partial charge in [0.25, 0.3) is 0 Å². The van der Waals surface area contributed by atoms with Crippen molar-refractivity contribution in [2.75, 3.05) is 6.54 Å². The summed E-state index contributed by atoms with van der Waals surface area (Å²) in [5.41, 5.74) is 11.2. The number of hydrogen-bond acceptors (Lipinski definition) is 2. The minimum absolute atomic E-state index is 0.369. The van der Waals surface area contributed by atoms with Crippen molar-refractivity contribution in [1.29, 1.82) is 0 Å². The normalized spacial score (nSPS) is 12.4. The monoisotopic (exact) mass is 240 g/mol. The average molecular weight is 240 g/mol. The summed E-state index contributed by atoms with van der Waals surface area (Å²) in [6, 6.07) is 10.7. The first-order valence-corrected chi connectivity index (χ1v) is 6.37. The second-order valence-corrected chi connectivity index (χ2v) is 4.85. The van der Waals surface area contributed by atoms with Gasteiger partial charge >= 0.3 is 0 Å². The molecule has 2 aromatic rings. The van der Waals surface area contributed by atoms with E-state index in [9.17, 15) is 0 Å². The molecule has 0 aliphatic carbocycles. The van der Waals surface area contributed by atoms with E-state index in [4.69, 9.17) is 5.73 Å². The van der Waals surface area contributed by atoms with Gasteiger partial charge in [0, 0.05) is 18.3 Å². The summed E-state index contributed by atoms with van der Waals surface area (Å²) in [4.78, 5) is 4.06. The van der Waals surface area contributed by atoms with Gasteiger partial charge in [0.1, 0.15) is 0 Å². The van der Waals surface area contributed by atoms with E-state index < -0.39 is 0 Å². The minimum Gasteiger partial charge on any atom is -0.330 e. The van der Waals surface area contributed by atoms with E-state index in [2.05, 4.69) is 49.2 Å². The molecule has 2 heteroatoms. The lowest BCUT2D eigenvalue weighted by molar-refractivity contribution is 0.690. The number of aromatic nitrogens is 1. The van der Waals surface area contributed by atoms with Gasteiger partial charge in [0.05, 0.1) is 0 Å². The lowest BCUT2D eigenvalue weighted by atomic mass is 9.90. The van der Waals surface area contributed by atoms with Crippen LogP contribution in [0.2, 0.25) is 0 Å². The topological polar surface area (TPSA) is 38.9 Å². The first kappa shape index (κ1) is 12.8. The second kappa shape index (κ2) is 5.78. The predicted octanol–water partition coefficient (Wildman–Crippen LogP) is 2.98.